The lowest BCUT2D eigenvalue weighted by atomic mass is 9.88. The second-order valence-corrected chi connectivity index (χ2v) is 13.4. The fourth-order valence-corrected chi connectivity index (χ4v) is 8.26. The van der Waals surface area contributed by atoms with Crippen LogP contribution in [0, 0.1) is 13.8 Å². The Kier molecular flexibility index (Phi) is 6.34. The number of rotatable bonds is 5. The van der Waals surface area contributed by atoms with Crippen molar-refractivity contribution in [2.75, 3.05) is 4.90 Å². The summed E-state index contributed by atoms with van der Waals surface area (Å²) in [4.78, 5) is 2.38. The van der Waals surface area contributed by atoms with Crippen molar-refractivity contribution in [3.05, 3.63) is 181 Å². The summed E-state index contributed by atoms with van der Waals surface area (Å²) < 4.78 is 2.42. The molecule has 0 amide bonds. The van der Waals surface area contributed by atoms with Crippen LogP contribution >= 0.6 is 0 Å². The number of aromatic nitrogens is 1. The maximum Gasteiger partial charge on any atom is 0.0553 e. The van der Waals surface area contributed by atoms with E-state index in [9.17, 15) is 0 Å². The summed E-state index contributed by atoms with van der Waals surface area (Å²) in [5.41, 5.74) is 12.1. The first kappa shape index (κ1) is 28.6. The van der Waals surface area contributed by atoms with Crippen molar-refractivity contribution in [2.24, 2.45) is 0 Å². The van der Waals surface area contributed by atoms with Crippen LogP contribution in [0.1, 0.15) is 11.1 Å². The van der Waals surface area contributed by atoms with E-state index >= 15 is 0 Å². The van der Waals surface area contributed by atoms with Crippen molar-refractivity contribution in [3.63, 3.8) is 0 Å². The molecule has 0 saturated carbocycles. The number of nitrogens with zero attached hydrogens (tertiary/aromatic N) is 2. The fourth-order valence-electron chi connectivity index (χ4n) is 8.26. The summed E-state index contributed by atoms with van der Waals surface area (Å²) in [6, 6.07) is 62.3. The molecule has 236 valence electrons. The summed E-state index contributed by atoms with van der Waals surface area (Å²) >= 11 is 0. The molecule has 10 aromatic rings. The normalized spacial score (nSPS) is 11.8. The smallest absolute Gasteiger partial charge is 0.0553 e. The molecular formula is C48H34N2. The monoisotopic (exact) mass is 638 g/mol. The zero-order chi connectivity index (χ0) is 33.3. The van der Waals surface area contributed by atoms with Gasteiger partial charge < -0.3 is 9.47 Å². The Bertz CT molecular complexity index is 2830. The number of anilines is 3. The summed E-state index contributed by atoms with van der Waals surface area (Å²) in [6.45, 7) is 4.37. The molecule has 9 aromatic carbocycles. The molecule has 0 aliphatic heterocycles. The van der Waals surface area contributed by atoms with E-state index in [4.69, 9.17) is 0 Å². The molecule has 0 aliphatic rings. The highest BCUT2D eigenvalue weighted by Crippen LogP contribution is 2.45. The second-order valence-electron chi connectivity index (χ2n) is 13.4. The number of para-hydroxylation sites is 4. The zero-order valence-corrected chi connectivity index (χ0v) is 28.1. The van der Waals surface area contributed by atoms with Gasteiger partial charge in [0.1, 0.15) is 0 Å². The minimum Gasteiger partial charge on any atom is -0.310 e. The van der Waals surface area contributed by atoms with Crippen LogP contribution in [0.25, 0.3) is 70.9 Å². The minimum absolute atomic E-state index is 1.15. The van der Waals surface area contributed by atoms with Gasteiger partial charge >= 0.3 is 0 Å². The predicted octanol–water partition coefficient (Wildman–Crippen LogP) is 13.4. The zero-order valence-electron chi connectivity index (χ0n) is 28.1. The van der Waals surface area contributed by atoms with E-state index < -0.39 is 0 Å². The maximum absolute atomic E-state index is 2.42. The average Bonchev–Trinajstić information content (AvgIpc) is 3.50. The highest BCUT2D eigenvalue weighted by molar-refractivity contribution is 6.34. The number of benzene rings is 9. The lowest BCUT2D eigenvalue weighted by Crippen LogP contribution is -2.12. The third kappa shape index (κ3) is 4.22. The first-order valence-corrected chi connectivity index (χ1v) is 17.4. The maximum atomic E-state index is 2.42. The Hall–Kier alpha value is -6.38. The Morgan fingerprint density at radius 2 is 1.02 bits per heavy atom. The van der Waals surface area contributed by atoms with Gasteiger partial charge in [0.25, 0.3) is 0 Å². The lowest BCUT2D eigenvalue weighted by Gasteiger charge is -2.28. The van der Waals surface area contributed by atoms with E-state index in [1.807, 2.05) is 0 Å². The molecule has 50 heavy (non-hydrogen) atoms. The number of fused-ring (bicyclic) bond motifs is 4. The fraction of sp³-hybridized carbons (Fsp3) is 0.0417. The number of aryl methyl sites for hydroxylation is 2. The summed E-state index contributed by atoms with van der Waals surface area (Å²) in [6.07, 6.45) is 0. The third-order valence-electron chi connectivity index (χ3n) is 10.6. The molecule has 0 fully saturated rings. The van der Waals surface area contributed by atoms with E-state index in [-0.39, 0.29) is 0 Å². The van der Waals surface area contributed by atoms with Crippen LogP contribution in [0.5, 0.6) is 0 Å². The molecule has 1 aromatic heterocycles. The molecule has 0 unspecified atom stereocenters. The molecule has 1 heterocycles. The summed E-state index contributed by atoms with van der Waals surface area (Å²) in [5, 5.41) is 10.4. The molecule has 2 nitrogen and oxygen atoms in total. The van der Waals surface area contributed by atoms with Crippen molar-refractivity contribution in [1.82, 2.24) is 4.57 Å². The summed E-state index contributed by atoms with van der Waals surface area (Å²) in [5.74, 6) is 0. The Labute approximate surface area is 291 Å². The van der Waals surface area contributed by atoms with Crippen LogP contribution in [-0.2, 0) is 0 Å². The van der Waals surface area contributed by atoms with E-state index in [0.717, 1.165) is 5.69 Å². The van der Waals surface area contributed by atoms with Gasteiger partial charge in [-0.1, -0.05) is 121 Å². The Balaban J connectivity index is 1.17. The Morgan fingerprint density at radius 3 is 1.76 bits per heavy atom. The number of hydrogen-bond acceptors (Lipinski definition) is 1. The van der Waals surface area contributed by atoms with Crippen LogP contribution in [-0.4, -0.2) is 4.57 Å². The van der Waals surface area contributed by atoms with Crippen LogP contribution in [0.15, 0.2) is 170 Å². The summed E-state index contributed by atoms with van der Waals surface area (Å²) in [7, 11) is 0. The van der Waals surface area contributed by atoms with E-state index in [2.05, 4.69) is 193 Å². The van der Waals surface area contributed by atoms with Gasteiger partial charge in [-0.3, -0.25) is 0 Å². The average molecular weight is 639 g/mol. The van der Waals surface area contributed by atoms with Crippen LogP contribution in [0.4, 0.5) is 17.1 Å². The van der Waals surface area contributed by atoms with Crippen molar-refractivity contribution in [3.8, 4) is 16.8 Å². The molecule has 0 saturated heterocycles. The third-order valence-corrected chi connectivity index (χ3v) is 10.6. The topological polar surface area (TPSA) is 8.17 Å². The molecule has 0 atom stereocenters. The molecule has 0 spiro atoms. The molecule has 0 aliphatic carbocycles. The first-order chi connectivity index (χ1) is 24.7. The molecular weight excluding hydrogens is 605 g/mol. The van der Waals surface area contributed by atoms with Gasteiger partial charge in [0, 0.05) is 33.5 Å². The van der Waals surface area contributed by atoms with Crippen molar-refractivity contribution in [2.45, 2.75) is 13.8 Å². The van der Waals surface area contributed by atoms with Crippen LogP contribution < -0.4 is 4.90 Å². The minimum atomic E-state index is 1.15. The largest absolute Gasteiger partial charge is 0.310 e. The SMILES string of the molecule is Cc1ccccc1N(c1ccc(-c2ccc3ccc4cc5c(c6ccc2c3c46)c2ccccc2n5-c2ccccc2)cc1)c1ccccc1C. The van der Waals surface area contributed by atoms with Crippen molar-refractivity contribution < 1.29 is 0 Å². The van der Waals surface area contributed by atoms with Gasteiger partial charge in [-0.2, -0.15) is 0 Å². The van der Waals surface area contributed by atoms with E-state index in [0.29, 0.717) is 0 Å². The highest BCUT2D eigenvalue weighted by atomic mass is 15.1. The second kappa shape index (κ2) is 11.1. The van der Waals surface area contributed by atoms with Crippen LogP contribution in [0.3, 0.4) is 0 Å². The van der Waals surface area contributed by atoms with Gasteiger partial charge in [0.05, 0.1) is 11.0 Å². The van der Waals surface area contributed by atoms with E-state index in [1.165, 1.54) is 93.4 Å². The van der Waals surface area contributed by atoms with Gasteiger partial charge in [0.15, 0.2) is 0 Å². The van der Waals surface area contributed by atoms with Gasteiger partial charge in [-0.25, -0.2) is 0 Å². The standard InChI is InChI=1S/C48H34N2/c1-31-12-6-9-17-42(31)49(43-18-10-7-13-32(43)2)37-25-22-33(23-26-37)38-27-24-34-20-21-35-30-45-48(41-29-28-39(38)46(34)47(35)41)40-16-8-11-19-44(40)50(45)36-14-4-3-5-15-36/h3-30H,1-2H3. The highest BCUT2D eigenvalue weighted by Gasteiger charge is 2.20. The molecule has 2 heteroatoms. The lowest BCUT2D eigenvalue weighted by molar-refractivity contribution is 1.18. The molecule has 0 N–H and O–H groups in total. The van der Waals surface area contributed by atoms with Crippen LogP contribution in [0.2, 0.25) is 0 Å². The number of hydrogen-bond donors (Lipinski definition) is 0. The first-order valence-electron chi connectivity index (χ1n) is 17.4. The van der Waals surface area contributed by atoms with Gasteiger partial charge in [-0.15, -0.1) is 0 Å². The quantitative estimate of drug-likeness (QED) is 0.170. The van der Waals surface area contributed by atoms with Gasteiger partial charge in [0.2, 0.25) is 0 Å². The molecule has 0 radical (unpaired) electrons. The molecule has 10 rings (SSSR count). The van der Waals surface area contributed by atoms with E-state index in [1.54, 1.807) is 0 Å². The van der Waals surface area contributed by atoms with Gasteiger partial charge in [-0.05, 0) is 117 Å². The predicted molar refractivity (Wildman–Crippen MR) is 214 cm³/mol. The Morgan fingerprint density at radius 1 is 0.420 bits per heavy atom. The molecule has 0 bridgehead atoms. The van der Waals surface area contributed by atoms with Crippen molar-refractivity contribution >= 4 is 71.2 Å². The van der Waals surface area contributed by atoms with Crippen molar-refractivity contribution in [1.29, 1.82) is 0 Å².